The minimum Gasteiger partial charge on any atom is -0.465 e. The van der Waals surface area contributed by atoms with E-state index in [-0.39, 0.29) is 0 Å². The Hall–Kier alpha value is -1.75. The second-order valence-corrected chi connectivity index (χ2v) is 4.05. The zero-order valence-corrected chi connectivity index (χ0v) is 10.6. The number of ether oxygens (including phenoxy) is 1. The van der Waals surface area contributed by atoms with Crippen LogP contribution in [0.3, 0.4) is 0 Å². The van der Waals surface area contributed by atoms with E-state index in [1.54, 1.807) is 24.4 Å². The fourth-order valence-corrected chi connectivity index (χ4v) is 1.77. The van der Waals surface area contributed by atoms with Gasteiger partial charge >= 0.3 is 5.97 Å². The van der Waals surface area contributed by atoms with Crippen molar-refractivity contribution in [2.75, 3.05) is 7.11 Å². The molecule has 2 rings (SSSR count). The number of methoxy groups -OCH3 is 1. The number of aromatic nitrogens is 2. The van der Waals surface area contributed by atoms with Crippen LogP contribution in [0.5, 0.6) is 0 Å². The summed E-state index contributed by atoms with van der Waals surface area (Å²) in [6.07, 6.45) is 1.62. The molecule has 2 aromatic heterocycles. The van der Waals surface area contributed by atoms with E-state index >= 15 is 0 Å². The molecular formula is C12H9BrN2O2. The van der Waals surface area contributed by atoms with E-state index in [1.165, 1.54) is 7.11 Å². The standard InChI is InChI=1S/C12H9BrN2O2/c1-17-12(16)8-4-3-7-14-11(8)9-5-2-6-10(13)15-9/h2-7H,1H3. The lowest BCUT2D eigenvalue weighted by molar-refractivity contribution is 0.0601. The molecule has 0 spiro atoms. The van der Waals surface area contributed by atoms with Crippen molar-refractivity contribution in [3.05, 3.63) is 46.7 Å². The molecule has 86 valence electrons. The number of rotatable bonds is 2. The van der Waals surface area contributed by atoms with Gasteiger partial charge in [-0.25, -0.2) is 9.78 Å². The second kappa shape index (κ2) is 5.05. The first-order valence-electron chi connectivity index (χ1n) is 4.88. The van der Waals surface area contributed by atoms with E-state index in [2.05, 4.69) is 25.9 Å². The Balaban J connectivity index is 2.55. The molecule has 0 bridgehead atoms. The van der Waals surface area contributed by atoms with E-state index in [4.69, 9.17) is 4.74 Å². The summed E-state index contributed by atoms with van der Waals surface area (Å²) in [4.78, 5) is 20.0. The van der Waals surface area contributed by atoms with Crippen LogP contribution in [-0.2, 0) is 4.74 Å². The molecule has 0 saturated carbocycles. The molecular weight excluding hydrogens is 284 g/mol. The molecule has 0 N–H and O–H groups in total. The number of carbonyl (C=O) groups is 1. The molecule has 0 saturated heterocycles. The van der Waals surface area contributed by atoms with Crippen LogP contribution in [0.2, 0.25) is 0 Å². The molecule has 0 atom stereocenters. The molecule has 2 aromatic rings. The molecule has 0 amide bonds. The first kappa shape index (κ1) is 11.7. The topological polar surface area (TPSA) is 52.1 Å². The lowest BCUT2D eigenvalue weighted by atomic mass is 10.1. The maximum absolute atomic E-state index is 11.6. The lowest BCUT2D eigenvalue weighted by Gasteiger charge is -2.05. The average molecular weight is 293 g/mol. The molecule has 0 aliphatic rings. The molecule has 4 nitrogen and oxygen atoms in total. The Kier molecular flexibility index (Phi) is 3.49. The Morgan fingerprint density at radius 3 is 2.82 bits per heavy atom. The minimum atomic E-state index is -0.421. The first-order valence-corrected chi connectivity index (χ1v) is 5.68. The fourth-order valence-electron chi connectivity index (χ4n) is 1.42. The highest BCUT2D eigenvalue weighted by Crippen LogP contribution is 2.21. The molecule has 17 heavy (non-hydrogen) atoms. The Morgan fingerprint density at radius 2 is 2.12 bits per heavy atom. The third-order valence-corrected chi connectivity index (χ3v) is 2.61. The number of hydrogen-bond acceptors (Lipinski definition) is 4. The summed E-state index contributed by atoms with van der Waals surface area (Å²) >= 11 is 3.28. The third kappa shape index (κ3) is 2.50. The molecule has 0 fully saturated rings. The number of halogens is 1. The molecule has 2 heterocycles. The van der Waals surface area contributed by atoms with Gasteiger partial charge in [-0.3, -0.25) is 4.98 Å². The van der Waals surface area contributed by atoms with E-state index < -0.39 is 5.97 Å². The van der Waals surface area contributed by atoms with Crippen molar-refractivity contribution >= 4 is 21.9 Å². The van der Waals surface area contributed by atoms with Crippen molar-refractivity contribution in [3.63, 3.8) is 0 Å². The van der Waals surface area contributed by atoms with Crippen molar-refractivity contribution < 1.29 is 9.53 Å². The fraction of sp³-hybridized carbons (Fsp3) is 0.0833. The van der Waals surface area contributed by atoms with Gasteiger partial charge in [0.05, 0.1) is 18.4 Å². The largest absolute Gasteiger partial charge is 0.465 e. The van der Waals surface area contributed by atoms with Crippen LogP contribution in [0.1, 0.15) is 10.4 Å². The van der Waals surface area contributed by atoms with Crippen LogP contribution in [0.4, 0.5) is 0 Å². The summed E-state index contributed by atoms with van der Waals surface area (Å²) in [6.45, 7) is 0. The lowest BCUT2D eigenvalue weighted by Crippen LogP contribution is -2.05. The highest BCUT2D eigenvalue weighted by atomic mass is 79.9. The normalized spacial score (nSPS) is 10.0. The predicted molar refractivity (Wildman–Crippen MR) is 66.5 cm³/mol. The summed E-state index contributed by atoms with van der Waals surface area (Å²) < 4.78 is 5.40. The first-order chi connectivity index (χ1) is 8.22. The SMILES string of the molecule is COC(=O)c1cccnc1-c1cccc(Br)n1. The van der Waals surface area contributed by atoms with Gasteiger partial charge in [-0.05, 0) is 40.2 Å². The van der Waals surface area contributed by atoms with Crippen molar-refractivity contribution in [2.45, 2.75) is 0 Å². The monoisotopic (exact) mass is 292 g/mol. The quantitative estimate of drug-likeness (QED) is 0.631. The van der Waals surface area contributed by atoms with Crippen LogP contribution < -0.4 is 0 Å². The van der Waals surface area contributed by atoms with Crippen molar-refractivity contribution in [3.8, 4) is 11.4 Å². The van der Waals surface area contributed by atoms with E-state index in [9.17, 15) is 4.79 Å². The zero-order valence-electron chi connectivity index (χ0n) is 9.05. The minimum absolute atomic E-state index is 0.403. The Morgan fingerprint density at radius 1 is 1.29 bits per heavy atom. The van der Waals surface area contributed by atoms with E-state index in [0.717, 1.165) is 0 Å². The van der Waals surface area contributed by atoms with E-state index in [1.807, 2.05) is 12.1 Å². The summed E-state index contributed by atoms with van der Waals surface area (Å²) in [5.74, 6) is -0.421. The zero-order chi connectivity index (χ0) is 12.3. The number of esters is 1. The maximum atomic E-state index is 11.6. The van der Waals surface area contributed by atoms with Crippen LogP contribution >= 0.6 is 15.9 Å². The second-order valence-electron chi connectivity index (χ2n) is 3.24. The van der Waals surface area contributed by atoms with Gasteiger partial charge < -0.3 is 4.74 Å². The van der Waals surface area contributed by atoms with Gasteiger partial charge in [-0.2, -0.15) is 0 Å². The van der Waals surface area contributed by atoms with Gasteiger partial charge in [0.25, 0.3) is 0 Å². The number of hydrogen-bond donors (Lipinski definition) is 0. The summed E-state index contributed by atoms with van der Waals surface area (Å²) in [5, 5.41) is 0. The van der Waals surface area contributed by atoms with Gasteiger partial charge in [0, 0.05) is 6.20 Å². The van der Waals surface area contributed by atoms with Gasteiger partial charge in [0.2, 0.25) is 0 Å². The average Bonchev–Trinajstić information content (AvgIpc) is 2.38. The summed E-state index contributed by atoms with van der Waals surface area (Å²) in [5.41, 5.74) is 1.54. The molecule has 0 aliphatic heterocycles. The maximum Gasteiger partial charge on any atom is 0.340 e. The van der Waals surface area contributed by atoms with Gasteiger partial charge in [0.15, 0.2) is 0 Å². The van der Waals surface area contributed by atoms with Crippen LogP contribution in [0, 0.1) is 0 Å². The van der Waals surface area contributed by atoms with Gasteiger partial charge in [0.1, 0.15) is 10.3 Å². The van der Waals surface area contributed by atoms with Crippen LogP contribution in [0.15, 0.2) is 41.1 Å². The molecule has 0 unspecified atom stereocenters. The smallest absolute Gasteiger partial charge is 0.340 e. The highest BCUT2D eigenvalue weighted by Gasteiger charge is 2.14. The Labute approximate surface area is 107 Å². The van der Waals surface area contributed by atoms with E-state index in [0.29, 0.717) is 21.6 Å². The Bertz CT molecular complexity index is 558. The van der Waals surface area contributed by atoms with Crippen LogP contribution in [-0.4, -0.2) is 23.0 Å². The third-order valence-electron chi connectivity index (χ3n) is 2.17. The summed E-state index contributed by atoms with van der Waals surface area (Å²) in [7, 11) is 1.34. The van der Waals surface area contributed by atoms with Gasteiger partial charge in [-0.15, -0.1) is 0 Å². The summed E-state index contributed by atoms with van der Waals surface area (Å²) in [6, 6.07) is 8.79. The molecule has 0 aromatic carbocycles. The molecule has 0 aliphatic carbocycles. The van der Waals surface area contributed by atoms with Crippen molar-refractivity contribution in [1.29, 1.82) is 0 Å². The number of carbonyl (C=O) groups excluding carboxylic acids is 1. The molecule has 5 heteroatoms. The van der Waals surface area contributed by atoms with Crippen molar-refractivity contribution in [2.24, 2.45) is 0 Å². The number of pyridine rings is 2. The van der Waals surface area contributed by atoms with Gasteiger partial charge in [-0.1, -0.05) is 6.07 Å². The predicted octanol–water partition coefficient (Wildman–Crippen LogP) is 2.69. The van der Waals surface area contributed by atoms with Crippen molar-refractivity contribution in [1.82, 2.24) is 9.97 Å². The molecule has 0 radical (unpaired) electrons. The number of nitrogens with zero attached hydrogens (tertiary/aromatic N) is 2. The van der Waals surface area contributed by atoms with Crippen LogP contribution in [0.25, 0.3) is 11.4 Å². The highest BCUT2D eigenvalue weighted by molar-refractivity contribution is 9.10.